The van der Waals surface area contributed by atoms with Crippen LogP contribution in [0.2, 0.25) is 0 Å². The number of aryl methyl sites for hydroxylation is 2. The Labute approximate surface area is 321 Å². The van der Waals surface area contributed by atoms with Crippen molar-refractivity contribution < 1.29 is 0 Å². The molecule has 3 nitrogen and oxygen atoms in total. The summed E-state index contributed by atoms with van der Waals surface area (Å²) < 4.78 is 0. The zero-order chi connectivity index (χ0) is 36.9. The molecule has 1 unspecified atom stereocenters. The molecule has 0 amide bonds. The molecule has 0 N–H and O–H groups in total. The summed E-state index contributed by atoms with van der Waals surface area (Å²) in [4.78, 5) is 14.1. The lowest BCUT2D eigenvalue weighted by molar-refractivity contribution is 0.769. The number of benzene rings is 7. The molecule has 10 rings (SSSR count). The summed E-state index contributed by atoms with van der Waals surface area (Å²) in [6.07, 6.45) is 3.79. The molecule has 0 bridgehead atoms. The molecule has 55 heavy (non-hydrogen) atoms. The van der Waals surface area contributed by atoms with Crippen molar-refractivity contribution in [2.24, 2.45) is 0 Å². The minimum atomic E-state index is -0.522. The summed E-state index contributed by atoms with van der Waals surface area (Å²) in [6.45, 7) is 4.09. The molecule has 0 aliphatic heterocycles. The molecule has 1 aliphatic rings. The number of hydrogen-bond acceptors (Lipinski definition) is 3. The van der Waals surface area contributed by atoms with Gasteiger partial charge in [-0.05, 0) is 104 Å². The van der Waals surface area contributed by atoms with Gasteiger partial charge >= 0.3 is 0 Å². The third-order valence-electron chi connectivity index (χ3n) is 11.3. The quantitative estimate of drug-likeness (QED) is 0.173. The summed E-state index contributed by atoms with van der Waals surface area (Å²) in [5, 5.41) is 2.39. The number of aromatic nitrogens is 3. The lowest BCUT2D eigenvalue weighted by atomic mass is 9.67. The topological polar surface area (TPSA) is 38.7 Å². The van der Waals surface area contributed by atoms with Gasteiger partial charge in [0.05, 0.1) is 16.8 Å². The largest absolute Gasteiger partial charge is 0.264 e. The molecular formula is C52H37N3. The van der Waals surface area contributed by atoms with Crippen LogP contribution in [0.4, 0.5) is 0 Å². The van der Waals surface area contributed by atoms with E-state index in [0.29, 0.717) is 0 Å². The van der Waals surface area contributed by atoms with Crippen LogP contribution in [0.15, 0.2) is 188 Å². The number of rotatable bonds is 6. The van der Waals surface area contributed by atoms with Crippen molar-refractivity contribution in [3.8, 4) is 55.9 Å². The molecule has 0 saturated heterocycles. The Morgan fingerprint density at radius 3 is 1.89 bits per heavy atom. The summed E-state index contributed by atoms with van der Waals surface area (Å²) in [7, 11) is 0. The van der Waals surface area contributed by atoms with Crippen molar-refractivity contribution in [1.29, 1.82) is 0 Å². The molecule has 0 fully saturated rings. The smallest absolute Gasteiger partial charge is 0.126 e. The van der Waals surface area contributed by atoms with E-state index in [2.05, 4.69) is 188 Å². The van der Waals surface area contributed by atoms with Gasteiger partial charge in [0.25, 0.3) is 0 Å². The number of pyridine rings is 1. The van der Waals surface area contributed by atoms with Crippen molar-refractivity contribution in [3.63, 3.8) is 0 Å². The van der Waals surface area contributed by atoms with Gasteiger partial charge in [0.15, 0.2) is 0 Å². The first-order valence-corrected chi connectivity index (χ1v) is 18.8. The molecule has 2 aromatic heterocycles. The second-order valence-electron chi connectivity index (χ2n) is 14.5. The van der Waals surface area contributed by atoms with E-state index in [-0.39, 0.29) is 0 Å². The van der Waals surface area contributed by atoms with Gasteiger partial charge in [-0.2, -0.15) is 0 Å². The molecule has 2 heterocycles. The molecular weight excluding hydrogens is 667 g/mol. The Kier molecular flexibility index (Phi) is 7.81. The van der Waals surface area contributed by atoms with E-state index < -0.39 is 5.41 Å². The van der Waals surface area contributed by atoms with E-state index >= 15 is 0 Å². The standard InChI is InChI=1S/C52H37N3/c1-34-33-53-30-29-43(34)38-21-19-36(20-22-38)40-25-28-46-45-16-8-9-18-48(45)52(49(46)31-40,41-13-4-3-5-14-41)42-26-23-39(24-27-42)50-32-51(55-35(2)54-50)47-17-10-12-37-11-6-7-15-44(37)47/h3-33H,1-2H3. The molecule has 9 aromatic rings. The Balaban J connectivity index is 1.11. The first kappa shape index (κ1) is 32.7. The minimum absolute atomic E-state index is 0.522. The van der Waals surface area contributed by atoms with Gasteiger partial charge in [-0.15, -0.1) is 0 Å². The fourth-order valence-electron chi connectivity index (χ4n) is 8.77. The van der Waals surface area contributed by atoms with Crippen molar-refractivity contribution in [2.75, 3.05) is 0 Å². The molecule has 1 atom stereocenters. The van der Waals surface area contributed by atoms with Crippen molar-refractivity contribution in [2.45, 2.75) is 19.3 Å². The first-order valence-electron chi connectivity index (χ1n) is 18.8. The van der Waals surface area contributed by atoms with Crippen LogP contribution in [0, 0.1) is 13.8 Å². The number of hydrogen-bond donors (Lipinski definition) is 0. The number of nitrogens with zero attached hydrogens (tertiary/aromatic N) is 3. The van der Waals surface area contributed by atoms with Gasteiger partial charge in [-0.25, -0.2) is 9.97 Å². The molecule has 0 radical (unpaired) electrons. The zero-order valence-corrected chi connectivity index (χ0v) is 30.7. The Morgan fingerprint density at radius 1 is 0.418 bits per heavy atom. The molecule has 0 saturated carbocycles. The predicted molar refractivity (Wildman–Crippen MR) is 226 cm³/mol. The fourth-order valence-corrected chi connectivity index (χ4v) is 8.77. The van der Waals surface area contributed by atoms with Gasteiger partial charge in [-0.3, -0.25) is 4.98 Å². The van der Waals surface area contributed by atoms with Crippen LogP contribution in [0.3, 0.4) is 0 Å². The van der Waals surface area contributed by atoms with Gasteiger partial charge in [0.1, 0.15) is 5.82 Å². The highest BCUT2D eigenvalue weighted by Crippen LogP contribution is 2.57. The van der Waals surface area contributed by atoms with Crippen molar-refractivity contribution in [1.82, 2.24) is 15.0 Å². The third-order valence-corrected chi connectivity index (χ3v) is 11.3. The highest BCUT2D eigenvalue weighted by molar-refractivity contribution is 5.96. The van der Waals surface area contributed by atoms with Crippen molar-refractivity contribution in [3.05, 3.63) is 222 Å². The first-order chi connectivity index (χ1) is 27.1. The highest BCUT2D eigenvalue weighted by Gasteiger charge is 2.46. The lowest BCUT2D eigenvalue weighted by Gasteiger charge is -2.34. The van der Waals surface area contributed by atoms with Gasteiger partial charge in [0.2, 0.25) is 0 Å². The van der Waals surface area contributed by atoms with E-state index in [1.807, 2.05) is 19.3 Å². The average Bonchev–Trinajstić information content (AvgIpc) is 3.54. The Bertz CT molecular complexity index is 2870. The molecule has 3 heteroatoms. The zero-order valence-electron chi connectivity index (χ0n) is 30.7. The van der Waals surface area contributed by atoms with Gasteiger partial charge in [0, 0.05) is 23.5 Å². The Morgan fingerprint density at radius 2 is 1.05 bits per heavy atom. The van der Waals surface area contributed by atoms with Crippen LogP contribution in [0.5, 0.6) is 0 Å². The summed E-state index contributed by atoms with van der Waals surface area (Å²) >= 11 is 0. The minimum Gasteiger partial charge on any atom is -0.264 e. The van der Waals surface area contributed by atoms with E-state index in [9.17, 15) is 0 Å². The fraction of sp³-hybridized carbons (Fsp3) is 0.0577. The second kappa shape index (κ2) is 13.2. The molecule has 1 aliphatic carbocycles. The predicted octanol–water partition coefficient (Wildman–Crippen LogP) is 12.7. The summed E-state index contributed by atoms with van der Waals surface area (Å²) in [5.74, 6) is 0.750. The maximum Gasteiger partial charge on any atom is 0.126 e. The molecule has 0 spiro atoms. The van der Waals surface area contributed by atoms with Crippen LogP contribution >= 0.6 is 0 Å². The normalized spacial score (nSPS) is 14.4. The second-order valence-corrected chi connectivity index (χ2v) is 14.5. The lowest BCUT2D eigenvalue weighted by Crippen LogP contribution is -2.28. The van der Waals surface area contributed by atoms with Crippen LogP contribution in [0.25, 0.3) is 66.7 Å². The van der Waals surface area contributed by atoms with E-state index in [1.54, 1.807) is 0 Å². The monoisotopic (exact) mass is 703 g/mol. The summed E-state index contributed by atoms with van der Waals surface area (Å²) in [5.41, 5.74) is 17.0. The van der Waals surface area contributed by atoms with E-state index in [1.165, 1.54) is 72.0 Å². The molecule has 260 valence electrons. The SMILES string of the molecule is Cc1nc(-c2ccc(C3(c4ccccc4)c4ccccc4-c4ccc(-c5ccc(-c6ccncc6C)cc5)cc43)cc2)cc(-c2cccc3ccccc23)n1. The average molecular weight is 704 g/mol. The van der Waals surface area contributed by atoms with Crippen molar-refractivity contribution >= 4 is 10.8 Å². The third kappa shape index (κ3) is 5.39. The van der Waals surface area contributed by atoms with E-state index in [4.69, 9.17) is 9.97 Å². The van der Waals surface area contributed by atoms with Crippen LogP contribution < -0.4 is 0 Å². The van der Waals surface area contributed by atoms with Crippen LogP contribution in [0.1, 0.15) is 33.6 Å². The molecule has 7 aromatic carbocycles. The van der Waals surface area contributed by atoms with E-state index in [0.717, 1.165) is 28.3 Å². The van der Waals surface area contributed by atoms with Crippen LogP contribution in [-0.2, 0) is 5.41 Å². The van der Waals surface area contributed by atoms with Gasteiger partial charge < -0.3 is 0 Å². The van der Waals surface area contributed by atoms with Gasteiger partial charge in [-0.1, -0.05) is 158 Å². The van der Waals surface area contributed by atoms with Crippen LogP contribution in [-0.4, -0.2) is 15.0 Å². The maximum atomic E-state index is 4.95. The summed E-state index contributed by atoms with van der Waals surface area (Å²) in [6, 6.07) is 64.1. The Hall–Kier alpha value is -6.97. The highest BCUT2D eigenvalue weighted by atomic mass is 14.9. The maximum absolute atomic E-state index is 4.95. The number of fused-ring (bicyclic) bond motifs is 4.